The van der Waals surface area contributed by atoms with Gasteiger partial charge in [0, 0.05) is 29.6 Å². The normalized spacial score (nSPS) is 14.6. The van der Waals surface area contributed by atoms with Gasteiger partial charge in [0.1, 0.15) is 0 Å². The fourth-order valence-electron chi connectivity index (χ4n) is 3.40. The molecule has 1 saturated heterocycles. The summed E-state index contributed by atoms with van der Waals surface area (Å²) in [6.45, 7) is 3.88. The summed E-state index contributed by atoms with van der Waals surface area (Å²) in [5.41, 5.74) is 1.62. The number of nitrogens with one attached hydrogen (secondary N) is 1. The summed E-state index contributed by atoms with van der Waals surface area (Å²) in [6.07, 6.45) is 0.799. The van der Waals surface area contributed by atoms with E-state index in [1.807, 2.05) is 6.92 Å². The molecule has 8 nitrogen and oxygen atoms in total. The Balaban J connectivity index is 1.45. The van der Waals surface area contributed by atoms with Crippen molar-refractivity contribution in [3.05, 3.63) is 57.4 Å². The van der Waals surface area contributed by atoms with Gasteiger partial charge in [-0.3, -0.25) is 10.1 Å². The van der Waals surface area contributed by atoms with Gasteiger partial charge >= 0.3 is 0 Å². The average molecular weight is 556 g/mol. The Labute approximate surface area is 217 Å². The van der Waals surface area contributed by atoms with Crippen molar-refractivity contribution in [2.75, 3.05) is 38.2 Å². The maximum absolute atomic E-state index is 12.8. The molecule has 0 unspecified atom stereocenters. The number of aromatic nitrogens is 1. The van der Waals surface area contributed by atoms with Crippen LogP contribution in [0.2, 0.25) is 10.0 Å². The first-order valence-corrected chi connectivity index (χ1v) is 13.9. The smallest absolute Gasteiger partial charge is 0.257 e. The van der Waals surface area contributed by atoms with Crippen LogP contribution in [0.15, 0.2) is 46.7 Å². The maximum Gasteiger partial charge on any atom is 0.257 e. The minimum Gasteiger partial charge on any atom is -0.490 e. The quantitative estimate of drug-likeness (QED) is 0.411. The highest BCUT2D eigenvalue weighted by Gasteiger charge is 2.26. The van der Waals surface area contributed by atoms with Crippen LogP contribution < -0.4 is 10.1 Å². The molecule has 186 valence electrons. The summed E-state index contributed by atoms with van der Waals surface area (Å²) in [6, 6.07) is 9.50. The van der Waals surface area contributed by atoms with Gasteiger partial charge in [0.2, 0.25) is 10.0 Å². The lowest BCUT2D eigenvalue weighted by molar-refractivity contribution is 0.0730. The first kappa shape index (κ1) is 25.9. The lowest BCUT2D eigenvalue weighted by Crippen LogP contribution is -2.40. The molecule has 0 radical (unpaired) electrons. The molecule has 0 saturated carbocycles. The molecule has 3 aromatic rings. The first-order valence-electron chi connectivity index (χ1n) is 10.9. The van der Waals surface area contributed by atoms with Crippen molar-refractivity contribution in [1.82, 2.24) is 9.29 Å². The molecule has 2 heterocycles. The second-order valence-electron chi connectivity index (χ2n) is 7.65. The van der Waals surface area contributed by atoms with E-state index >= 15 is 0 Å². The Morgan fingerprint density at radius 2 is 1.83 bits per heavy atom. The summed E-state index contributed by atoms with van der Waals surface area (Å²) in [4.78, 5) is 17.4. The van der Waals surface area contributed by atoms with Gasteiger partial charge in [-0.1, -0.05) is 42.3 Å². The predicted molar refractivity (Wildman–Crippen MR) is 137 cm³/mol. The Bertz CT molecular complexity index is 1280. The summed E-state index contributed by atoms with van der Waals surface area (Å²) < 4.78 is 37.8. The number of anilines is 1. The van der Waals surface area contributed by atoms with E-state index < -0.39 is 15.9 Å². The molecule has 1 aliphatic rings. The predicted octanol–water partition coefficient (Wildman–Crippen LogP) is 5.18. The van der Waals surface area contributed by atoms with Crippen molar-refractivity contribution in [2.45, 2.75) is 18.2 Å². The molecular formula is C23H23Cl2N3O5S2. The average Bonchev–Trinajstić information content (AvgIpc) is 3.32. The second-order valence-corrected chi connectivity index (χ2v) is 11.3. The number of thiazole rings is 1. The minimum absolute atomic E-state index is 0.215. The third-order valence-electron chi connectivity index (χ3n) is 5.19. The molecule has 0 bridgehead atoms. The molecule has 0 aliphatic carbocycles. The van der Waals surface area contributed by atoms with E-state index in [2.05, 4.69) is 10.3 Å². The Morgan fingerprint density at radius 3 is 2.46 bits per heavy atom. The van der Waals surface area contributed by atoms with Crippen LogP contribution in [0.4, 0.5) is 5.13 Å². The topological polar surface area (TPSA) is 97.8 Å². The lowest BCUT2D eigenvalue weighted by atomic mass is 10.2. The van der Waals surface area contributed by atoms with Crippen molar-refractivity contribution >= 4 is 55.6 Å². The number of carbonyl (C=O) groups excluding carboxylic acids is 1. The zero-order chi connectivity index (χ0) is 25.0. The van der Waals surface area contributed by atoms with Gasteiger partial charge in [0.15, 0.2) is 10.9 Å². The Kier molecular flexibility index (Phi) is 8.31. The number of nitrogens with zero attached hydrogens (tertiary/aromatic N) is 2. The summed E-state index contributed by atoms with van der Waals surface area (Å²) in [5, 5.41) is 5.41. The van der Waals surface area contributed by atoms with Gasteiger partial charge in [-0.2, -0.15) is 4.31 Å². The van der Waals surface area contributed by atoms with E-state index in [0.29, 0.717) is 49.5 Å². The molecule has 0 spiro atoms. The highest BCUT2D eigenvalue weighted by atomic mass is 35.5. The molecular weight excluding hydrogens is 533 g/mol. The monoisotopic (exact) mass is 555 g/mol. The van der Waals surface area contributed by atoms with E-state index in [0.717, 1.165) is 12.0 Å². The van der Waals surface area contributed by atoms with Gasteiger partial charge in [-0.05, 0) is 30.7 Å². The van der Waals surface area contributed by atoms with Crippen molar-refractivity contribution in [2.24, 2.45) is 0 Å². The van der Waals surface area contributed by atoms with Crippen LogP contribution in [0.3, 0.4) is 0 Å². The van der Waals surface area contributed by atoms with Gasteiger partial charge in [0.25, 0.3) is 5.91 Å². The summed E-state index contributed by atoms with van der Waals surface area (Å²) in [7, 11) is -3.57. The van der Waals surface area contributed by atoms with Crippen LogP contribution in [-0.4, -0.2) is 56.5 Å². The number of sulfonamides is 1. The van der Waals surface area contributed by atoms with Crippen LogP contribution in [0.5, 0.6) is 5.75 Å². The standard InChI is InChI=1S/C23H23Cl2N3O5S2/c1-2-9-33-21-18(24)12-16(13-19(21)25)22(29)27-23-26-20(14-34-23)15-3-5-17(6-4-15)35(30,31)28-7-10-32-11-8-28/h3-6,12-14H,2,7-11H2,1H3,(H,26,27,29). The molecule has 1 aromatic heterocycles. The Hall–Kier alpha value is -2.21. The van der Waals surface area contributed by atoms with Crippen LogP contribution in [0.25, 0.3) is 11.3 Å². The zero-order valence-electron chi connectivity index (χ0n) is 18.8. The number of hydrogen-bond acceptors (Lipinski definition) is 7. The van der Waals surface area contributed by atoms with Gasteiger partial charge in [-0.25, -0.2) is 13.4 Å². The molecule has 1 N–H and O–H groups in total. The van der Waals surface area contributed by atoms with Crippen LogP contribution in [0, 0.1) is 0 Å². The molecule has 12 heteroatoms. The number of hydrogen-bond donors (Lipinski definition) is 1. The summed E-state index contributed by atoms with van der Waals surface area (Å²) >= 11 is 13.7. The number of ether oxygens (including phenoxy) is 2. The van der Waals surface area contributed by atoms with Crippen molar-refractivity contribution < 1.29 is 22.7 Å². The number of morpholine rings is 1. The van der Waals surface area contributed by atoms with Crippen LogP contribution in [-0.2, 0) is 14.8 Å². The molecule has 1 amide bonds. The van der Waals surface area contributed by atoms with Crippen molar-refractivity contribution in [3.63, 3.8) is 0 Å². The van der Waals surface area contributed by atoms with Crippen LogP contribution in [0.1, 0.15) is 23.7 Å². The van der Waals surface area contributed by atoms with Gasteiger partial charge in [-0.15, -0.1) is 11.3 Å². The molecule has 2 aromatic carbocycles. The Morgan fingerprint density at radius 1 is 1.17 bits per heavy atom. The van der Waals surface area contributed by atoms with E-state index in [1.54, 1.807) is 29.6 Å². The lowest BCUT2D eigenvalue weighted by Gasteiger charge is -2.26. The third-order valence-corrected chi connectivity index (χ3v) is 8.43. The van der Waals surface area contributed by atoms with Gasteiger partial charge in [0.05, 0.1) is 40.5 Å². The van der Waals surface area contributed by atoms with E-state index in [-0.39, 0.29) is 20.5 Å². The molecule has 4 rings (SSSR count). The number of rotatable bonds is 8. The number of carbonyl (C=O) groups is 1. The summed E-state index contributed by atoms with van der Waals surface area (Å²) in [5.74, 6) is -0.0638. The fraction of sp³-hybridized carbons (Fsp3) is 0.304. The number of amides is 1. The van der Waals surface area contributed by atoms with Gasteiger partial charge < -0.3 is 9.47 Å². The third kappa shape index (κ3) is 5.96. The molecule has 1 aliphatic heterocycles. The van der Waals surface area contributed by atoms with Crippen molar-refractivity contribution in [1.29, 1.82) is 0 Å². The number of halogens is 2. The second kappa shape index (κ2) is 11.2. The minimum atomic E-state index is -3.57. The SMILES string of the molecule is CCCOc1c(Cl)cc(C(=O)Nc2nc(-c3ccc(S(=O)(=O)N4CCOCC4)cc3)cs2)cc1Cl. The fourth-order valence-corrected chi connectivity index (χ4v) is 6.12. The number of benzene rings is 2. The van der Waals surface area contributed by atoms with Crippen molar-refractivity contribution in [3.8, 4) is 17.0 Å². The largest absolute Gasteiger partial charge is 0.490 e. The molecule has 1 fully saturated rings. The van der Waals surface area contributed by atoms with E-state index in [1.165, 1.54) is 27.8 Å². The molecule has 0 atom stereocenters. The first-order chi connectivity index (χ1) is 16.8. The van der Waals surface area contributed by atoms with E-state index in [9.17, 15) is 13.2 Å². The van der Waals surface area contributed by atoms with E-state index in [4.69, 9.17) is 32.7 Å². The zero-order valence-corrected chi connectivity index (χ0v) is 21.9. The highest BCUT2D eigenvalue weighted by molar-refractivity contribution is 7.89. The maximum atomic E-state index is 12.8. The highest BCUT2D eigenvalue weighted by Crippen LogP contribution is 2.35. The van der Waals surface area contributed by atoms with Crippen LogP contribution >= 0.6 is 34.5 Å². The molecule has 35 heavy (non-hydrogen) atoms.